The van der Waals surface area contributed by atoms with Gasteiger partial charge in [-0.1, -0.05) is 74.7 Å². The van der Waals surface area contributed by atoms with E-state index in [1.807, 2.05) is 68.6 Å². The first-order chi connectivity index (χ1) is 19.5. The Bertz CT molecular complexity index is 1120. The van der Waals surface area contributed by atoms with E-state index >= 15 is 0 Å². The van der Waals surface area contributed by atoms with Gasteiger partial charge in [0, 0.05) is 13.1 Å². The number of alkyl carbamates (subject to hydrolysis) is 1. The van der Waals surface area contributed by atoms with Gasteiger partial charge in [0.1, 0.15) is 17.7 Å². The molecule has 2 rings (SSSR count). The highest BCUT2D eigenvalue weighted by Gasteiger charge is 2.36. The van der Waals surface area contributed by atoms with Crippen molar-refractivity contribution in [3.8, 4) is 0 Å². The van der Waals surface area contributed by atoms with Gasteiger partial charge in [0.2, 0.25) is 11.8 Å². The zero-order valence-electron chi connectivity index (χ0n) is 25.9. The van der Waals surface area contributed by atoms with Crippen molar-refractivity contribution < 1.29 is 19.1 Å². The Morgan fingerprint density at radius 2 is 1.68 bits per heavy atom. The molecule has 0 saturated heterocycles. The van der Waals surface area contributed by atoms with E-state index < -0.39 is 23.8 Å². The second-order valence-electron chi connectivity index (χ2n) is 11.5. The number of thioether (sulfide) groups is 1. The molecular weight excluding hydrogens is 534 g/mol. The molecule has 2 atom stereocenters. The first-order valence-electron chi connectivity index (χ1n) is 14.6. The van der Waals surface area contributed by atoms with Crippen LogP contribution < -0.4 is 10.6 Å². The summed E-state index contributed by atoms with van der Waals surface area (Å²) in [5, 5.41) is 5.91. The summed E-state index contributed by atoms with van der Waals surface area (Å²) in [6.45, 7) is 12.3. The monoisotopic (exact) mass is 583 g/mol. The van der Waals surface area contributed by atoms with Crippen molar-refractivity contribution in [1.29, 1.82) is 0 Å². The number of carbonyl (C=O) groups is 3. The van der Waals surface area contributed by atoms with Gasteiger partial charge in [0.25, 0.3) is 0 Å². The third-order valence-electron chi connectivity index (χ3n) is 6.95. The van der Waals surface area contributed by atoms with Crippen LogP contribution in [0.1, 0.15) is 88.1 Å². The van der Waals surface area contributed by atoms with Crippen molar-refractivity contribution in [3.63, 3.8) is 0 Å². The maximum Gasteiger partial charge on any atom is 0.408 e. The molecule has 7 nitrogen and oxygen atoms in total. The van der Waals surface area contributed by atoms with Gasteiger partial charge in [-0.2, -0.15) is 11.8 Å². The molecule has 2 aromatic carbocycles. The second-order valence-corrected chi connectivity index (χ2v) is 12.5. The molecule has 0 saturated carbocycles. The van der Waals surface area contributed by atoms with Crippen molar-refractivity contribution in [2.75, 3.05) is 18.6 Å². The average Bonchev–Trinajstić information content (AvgIpc) is 2.92. The Hall–Kier alpha value is -3.00. The number of hydrogen-bond acceptors (Lipinski definition) is 5. The predicted octanol–water partition coefficient (Wildman–Crippen LogP) is 6.72. The summed E-state index contributed by atoms with van der Waals surface area (Å²) in [5.41, 5.74) is 3.09. The van der Waals surface area contributed by atoms with Crippen LogP contribution in [0.2, 0.25) is 0 Å². The fourth-order valence-corrected chi connectivity index (χ4v) is 5.09. The lowest BCUT2D eigenvalue weighted by Gasteiger charge is -2.35. The number of unbranched alkanes of at least 4 members (excludes halogenated alkanes) is 3. The summed E-state index contributed by atoms with van der Waals surface area (Å²) in [4.78, 5) is 42.9. The molecule has 0 spiro atoms. The highest BCUT2D eigenvalue weighted by atomic mass is 32.2. The van der Waals surface area contributed by atoms with Crippen LogP contribution in [-0.4, -0.2) is 53.0 Å². The van der Waals surface area contributed by atoms with E-state index in [0.717, 1.165) is 47.9 Å². The number of rotatable bonds is 15. The van der Waals surface area contributed by atoms with Crippen LogP contribution in [0.4, 0.5) is 4.79 Å². The molecule has 2 N–H and O–H groups in total. The maximum atomic E-state index is 14.4. The Balaban J connectivity index is 2.51. The van der Waals surface area contributed by atoms with Crippen molar-refractivity contribution in [3.05, 3.63) is 70.8 Å². The van der Waals surface area contributed by atoms with Gasteiger partial charge in [-0.15, -0.1) is 0 Å². The largest absolute Gasteiger partial charge is 0.444 e. The molecule has 8 heteroatoms. The van der Waals surface area contributed by atoms with E-state index in [9.17, 15) is 14.4 Å². The van der Waals surface area contributed by atoms with Crippen molar-refractivity contribution in [2.24, 2.45) is 0 Å². The summed E-state index contributed by atoms with van der Waals surface area (Å²) >= 11 is 1.60. The number of amides is 3. The third-order valence-corrected chi connectivity index (χ3v) is 7.59. The number of nitrogens with one attached hydrogen (secondary N) is 2. The summed E-state index contributed by atoms with van der Waals surface area (Å²) in [5.74, 6) is 0.152. The fourth-order valence-electron chi connectivity index (χ4n) is 4.62. The van der Waals surface area contributed by atoms with E-state index in [-0.39, 0.29) is 11.8 Å². The molecule has 3 amide bonds. The normalized spacial score (nSPS) is 12.8. The number of nitrogens with zero attached hydrogens (tertiary/aromatic N) is 1. The molecule has 41 heavy (non-hydrogen) atoms. The topological polar surface area (TPSA) is 87.7 Å². The smallest absolute Gasteiger partial charge is 0.408 e. The molecule has 2 aromatic rings. The molecule has 0 aliphatic carbocycles. The van der Waals surface area contributed by atoms with Crippen LogP contribution in [0.3, 0.4) is 0 Å². The predicted molar refractivity (Wildman–Crippen MR) is 169 cm³/mol. The SMILES string of the molecule is CCCCCCN(C(=O)C(CCSC)NC(=O)OC(C)(C)C)C(C(=O)NCc1ccccc1)c1cccc(C)c1C. The number of aryl methyl sites for hydroxylation is 1. The zero-order chi connectivity index (χ0) is 30.4. The lowest BCUT2D eigenvalue weighted by atomic mass is 9.94. The van der Waals surface area contributed by atoms with Gasteiger partial charge >= 0.3 is 6.09 Å². The average molecular weight is 584 g/mol. The van der Waals surface area contributed by atoms with Crippen LogP contribution in [-0.2, 0) is 20.9 Å². The van der Waals surface area contributed by atoms with Gasteiger partial charge in [-0.25, -0.2) is 4.79 Å². The number of carbonyl (C=O) groups excluding carboxylic acids is 3. The van der Waals surface area contributed by atoms with E-state index in [2.05, 4.69) is 17.6 Å². The lowest BCUT2D eigenvalue weighted by Crippen LogP contribution is -2.53. The van der Waals surface area contributed by atoms with E-state index in [1.54, 1.807) is 37.4 Å². The first kappa shape index (κ1) is 34.2. The van der Waals surface area contributed by atoms with Gasteiger partial charge in [0.15, 0.2) is 0 Å². The number of benzene rings is 2. The van der Waals surface area contributed by atoms with Crippen molar-refractivity contribution in [2.45, 2.75) is 97.9 Å². The van der Waals surface area contributed by atoms with Gasteiger partial charge in [-0.05, 0) is 81.7 Å². The molecular formula is C33H49N3O4S. The minimum absolute atomic E-state index is 0.243. The van der Waals surface area contributed by atoms with Crippen molar-refractivity contribution in [1.82, 2.24) is 15.5 Å². The quantitative estimate of drug-likeness (QED) is 0.227. The minimum atomic E-state index is -0.843. The van der Waals surface area contributed by atoms with Crippen LogP contribution in [0.25, 0.3) is 0 Å². The molecule has 0 aliphatic heterocycles. The van der Waals surface area contributed by atoms with E-state index in [1.165, 1.54) is 0 Å². The molecule has 0 bridgehead atoms. The van der Waals surface area contributed by atoms with Crippen LogP contribution in [0, 0.1) is 13.8 Å². The minimum Gasteiger partial charge on any atom is -0.444 e. The lowest BCUT2D eigenvalue weighted by molar-refractivity contribution is -0.142. The van der Waals surface area contributed by atoms with Crippen LogP contribution >= 0.6 is 11.8 Å². The van der Waals surface area contributed by atoms with Gasteiger partial charge < -0.3 is 20.3 Å². The zero-order valence-corrected chi connectivity index (χ0v) is 26.7. The Morgan fingerprint density at radius 3 is 2.32 bits per heavy atom. The van der Waals surface area contributed by atoms with Crippen LogP contribution in [0.5, 0.6) is 0 Å². The molecule has 0 aliphatic rings. The summed E-state index contributed by atoms with van der Waals surface area (Å²) < 4.78 is 5.50. The molecule has 0 fully saturated rings. The highest BCUT2D eigenvalue weighted by molar-refractivity contribution is 7.98. The maximum absolute atomic E-state index is 14.4. The molecule has 2 unspecified atom stereocenters. The third kappa shape index (κ3) is 11.4. The van der Waals surface area contributed by atoms with Crippen LogP contribution in [0.15, 0.2) is 48.5 Å². The summed E-state index contributed by atoms with van der Waals surface area (Å²) in [6, 6.07) is 13.9. The Labute approximate surface area is 251 Å². The fraction of sp³-hybridized carbons (Fsp3) is 0.545. The number of ether oxygens (including phenoxy) is 1. The second kappa shape index (κ2) is 17.1. The summed E-state index contributed by atoms with van der Waals surface area (Å²) in [6.07, 6.45) is 5.56. The Morgan fingerprint density at radius 1 is 0.976 bits per heavy atom. The molecule has 226 valence electrons. The van der Waals surface area contributed by atoms with Gasteiger partial charge in [-0.3, -0.25) is 9.59 Å². The van der Waals surface area contributed by atoms with Gasteiger partial charge in [0.05, 0.1) is 0 Å². The molecule has 0 radical (unpaired) electrons. The van der Waals surface area contributed by atoms with Crippen molar-refractivity contribution >= 4 is 29.7 Å². The first-order valence-corrected chi connectivity index (χ1v) is 16.0. The molecule has 0 heterocycles. The van der Waals surface area contributed by atoms with E-state index in [0.29, 0.717) is 25.3 Å². The van der Waals surface area contributed by atoms with E-state index in [4.69, 9.17) is 4.74 Å². The number of hydrogen-bond donors (Lipinski definition) is 2. The highest BCUT2D eigenvalue weighted by Crippen LogP contribution is 2.28. The standard InChI is InChI=1S/C33H49N3O4S/c1-8-9-10-14-21-36(31(38)28(20-22-41-7)35-32(39)40-33(4,5)6)29(27-19-15-16-24(2)25(27)3)30(37)34-23-26-17-12-11-13-18-26/h11-13,15-19,28-29H,8-10,14,20-23H2,1-7H3,(H,34,37)(H,35,39). The summed E-state index contributed by atoms with van der Waals surface area (Å²) in [7, 11) is 0. The Kier molecular flexibility index (Phi) is 14.2. The molecule has 0 aromatic heterocycles.